The lowest BCUT2D eigenvalue weighted by molar-refractivity contribution is -0.117. The summed E-state index contributed by atoms with van der Waals surface area (Å²) < 4.78 is 0. The Morgan fingerprint density at radius 3 is 2.75 bits per heavy atom. The van der Waals surface area contributed by atoms with Gasteiger partial charge in [0.1, 0.15) is 6.54 Å². The van der Waals surface area contributed by atoms with Crippen molar-refractivity contribution in [1.29, 1.82) is 0 Å². The molecule has 0 unspecified atom stereocenters. The van der Waals surface area contributed by atoms with Crippen molar-refractivity contribution in [2.24, 2.45) is 0 Å². The minimum Gasteiger partial charge on any atom is -0.323 e. The number of anilines is 2. The fourth-order valence-electron chi connectivity index (χ4n) is 1.49. The molecule has 2 aromatic rings. The van der Waals surface area contributed by atoms with Gasteiger partial charge in [-0.2, -0.15) is 9.90 Å². The number of amides is 2. The second-order valence-electron chi connectivity index (χ2n) is 3.97. The van der Waals surface area contributed by atoms with Gasteiger partial charge in [-0.15, -0.1) is 5.10 Å². The highest BCUT2D eigenvalue weighted by atomic mass is 35.5. The Balaban J connectivity index is 1.96. The Morgan fingerprint density at radius 1 is 1.30 bits per heavy atom. The molecule has 0 aliphatic rings. The first-order chi connectivity index (χ1) is 9.54. The van der Waals surface area contributed by atoms with Gasteiger partial charge in [-0.3, -0.25) is 9.59 Å². The van der Waals surface area contributed by atoms with Crippen molar-refractivity contribution < 1.29 is 9.59 Å². The van der Waals surface area contributed by atoms with E-state index >= 15 is 0 Å². The molecule has 2 rings (SSSR count). The molecule has 2 amide bonds. The van der Waals surface area contributed by atoms with E-state index in [1.807, 2.05) is 0 Å². The second-order valence-corrected chi connectivity index (χ2v) is 4.38. The summed E-state index contributed by atoms with van der Waals surface area (Å²) in [7, 11) is 0. The van der Waals surface area contributed by atoms with Crippen LogP contribution < -0.4 is 10.6 Å². The Morgan fingerprint density at radius 2 is 2.05 bits per heavy atom. The minimum absolute atomic E-state index is 0.0786. The van der Waals surface area contributed by atoms with Crippen LogP contribution in [0.3, 0.4) is 0 Å². The number of hydrogen-bond acceptors (Lipinski definition) is 4. The van der Waals surface area contributed by atoms with Gasteiger partial charge in [0.2, 0.25) is 11.8 Å². The molecule has 0 bridgehead atoms. The Labute approximate surface area is 119 Å². The van der Waals surface area contributed by atoms with Gasteiger partial charge in [0.25, 0.3) is 0 Å². The van der Waals surface area contributed by atoms with E-state index in [0.29, 0.717) is 16.5 Å². The van der Waals surface area contributed by atoms with Crippen molar-refractivity contribution in [1.82, 2.24) is 15.0 Å². The number of rotatable bonds is 4. The lowest BCUT2D eigenvalue weighted by Gasteiger charge is -2.06. The number of para-hydroxylation sites is 1. The number of benzene rings is 1. The summed E-state index contributed by atoms with van der Waals surface area (Å²) in [6.07, 6.45) is 1.37. The number of nitrogens with zero attached hydrogens (tertiary/aromatic N) is 3. The van der Waals surface area contributed by atoms with E-state index < -0.39 is 0 Å². The monoisotopic (exact) mass is 293 g/mol. The lowest BCUT2D eigenvalue weighted by atomic mass is 10.3. The van der Waals surface area contributed by atoms with Crippen LogP contribution >= 0.6 is 11.6 Å². The fraction of sp³-hybridized carbons (Fsp3) is 0.167. The summed E-state index contributed by atoms with van der Waals surface area (Å²) >= 11 is 5.93. The SMILES string of the molecule is CC(=O)Nc1cnn(CC(=O)Nc2ccccc2Cl)n1. The van der Waals surface area contributed by atoms with E-state index in [1.54, 1.807) is 24.3 Å². The van der Waals surface area contributed by atoms with Crippen molar-refractivity contribution in [3.8, 4) is 0 Å². The van der Waals surface area contributed by atoms with Gasteiger partial charge in [-0.1, -0.05) is 23.7 Å². The number of halogens is 1. The van der Waals surface area contributed by atoms with Gasteiger partial charge in [0, 0.05) is 6.92 Å². The third kappa shape index (κ3) is 3.79. The molecule has 0 fully saturated rings. The minimum atomic E-state index is -0.317. The van der Waals surface area contributed by atoms with Crippen LogP contribution in [0.15, 0.2) is 30.5 Å². The highest BCUT2D eigenvalue weighted by Gasteiger charge is 2.08. The zero-order chi connectivity index (χ0) is 14.5. The molecule has 0 saturated carbocycles. The summed E-state index contributed by atoms with van der Waals surface area (Å²) in [5.41, 5.74) is 0.522. The van der Waals surface area contributed by atoms with E-state index in [-0.39, 0.29) is 18.4 Å². The summed E-state index contributed by atoms with van der Waals surface area (Å²) in [5, 5.41) is 13.4. The maximum atomic E-state index is 11.8. The molecule has 1 heterocycles. The average Bonchev–Trinajstić information content (AvgIpc) is 2.78. The number of carbonyl (C=O) groups excluding carboxylic acids is 2. The number of hydrogen-bond donors (Lipinski definition) is 2. The summed E-state index contributed by atoms with van der Waals surface area (Å²) in [6, 6.07) is 6.91. The highest BCUT2D eigenvalue weighted by Crippen LogP contribution is 2.20. The molecule has 0 aliphatic carbocycles. The molecule has 0 atom stereocenters. The summed E-state index contributed by atoms with van der Waals surface area (Å²) in [4.78, 5) is 23.8. The predicted octanol–water partition coefficient (Wildman–Crippen LogP) is 1.53. The molecule has 0 aliphatic heterocycles. The van der Waals surface area contributed by atoms with Crippen molar-refractivity contribution in [3.05, 3.63) is 35.5 Å². The van der Waals surface area contributed by atoms with E-state index in [4.69, 9.17) is 11.6 Å². The van der Waals surface area contributed by atoms with Crippen LogP contribution in [-0.4, -0.2) is 26.8 Å². The van der Waals surface area contributed by atoms with Gasteiger partial charge in [0.05, 0.1) is 16.9 Å². The van der Waals surface area contributed by atoms with Crippen molar-refractivity contribution in [2.45, 2.75) is 13.5 Å². The molecule has 20 heavy (non-hydrogen) atoms. The largest absolute Gasteiger partial charge is 0.323 e. The molecule has 7 nitrogen and oxygen atoms in total. The van der Waals surface area contributed by atoms with Crippen LogP contribution in [0.1, 0.15) is 6.92 Å². The van der Waals surface area contributed by atoms with Gasteiger partial charge in [-0.25, -0.2) is 0 Å². The molecule has 2 N–H and O–H groups in total. The molecule has 0 saturated heterocycles. The third-order valence-electron chi connectivity index (χ3n) is 2.27. The summed E-state index contributed by atoms with van der Waals surface area (Å²) in [5.74, 6) is -0.274. The zero-order valence-corrected chi connectivity index (χ0v) is 11.4. The third-order valence-corrected chi connectivity index (χ3v) is 2.60. The fourth-order valence-corrected chi connectivity index (χ4v) is 1.67. The molecule has 8 heteroatoms. The standard InChI is InChI=1S/C12H12ClN5O2/c1-8(19)15-11-6-14-18(17-11)7-12(20)16-10-5-3-2-4-9(10)13/h2-6H,7H2,1H3,(H,16,20)(H,15,17,19). The Bertz CT molecular complexity index is 640. The van der Waals surface area contributed by atoms with E-state index in [9.17, 15) is 9.59 Å². The Hall–Kier alpha value is -2.41. The molecule has 1 aromatic carbocycles. The topological polar surface area (TPSA) is 88.9 Å². The van der Waals surface area contributed by atoms with Crippen LogP contribution in [0.4, 0.5) is 11.5 Å². The van der Waals surface area contributed by atoms with E-state index in [1.165, 1.54) is 17.9 Å². The van der Waals surface area contributed by atoms with E-state index in [2.05, 4.69) is 20.8 Å². The average molecular weight is 294 g/mol. The smallest absolute Gasteiger partial charge is 0.248 e. The van der Waals surface area contributed by atoms with Gasteiger partial charge in [-0.05, 0) is 12.1 Å². The highest BCUT2D eigenvalue weighted by molar-refractivity contribution is 6.33. The lowest BCUT2D eigenvalue weighted by Crippen LogP contribution is -2.20. The normalized spacial score (nSPS) is 10.1. The maximum absolute atomic E-state index is 11.8. The van der Waals surface area contributed by atoms with Gasteiger partial charge >= 0.3 is 0 Å². The van der Waals surface area contributed by atoms with Crippen LogP contribution in [-0.2, 0) is 16.1 Å². The van der Waals surface area contributed by atoms with Crippen molar-refractivity contribution in [2.75, 3.05) is 10.6 Å². The molecule has 1 aromatic heterocycles. The Kier molecular flexibility index (Phi) is 4.31. The zero-order valence-electron chi connectivity index (χ0n) is 10.6. The number of aromatic nitrogens is 3. The molecule has 104 valence electrons. The first-order valence-corrected chi connectivity index (χ1v) is 6.14. The van der Waals surface area contributed by atoms with Crippen molar-refractivity contribution >= 4 is 34.9 Å². The maximum Gasteiger partial charge on any atom is 0.248 e. The quantitative estimate of drug-likeness (QED) is 0.894. The second kappa shape index (κ2) is 6.16. The number of nitrogens with one attached hydrogen (secondary N) is 2. The molecule has 0 radical (unpaired) electrons. The molecular weight excluding hydrogens is 282 g/mol. The van der Waals surface area contributed by atoms with Crippen LogP contribution in [0.25, 0.3) is 0 Å². The van der Waals surface area contributed by atoms with Gasteiger partial charge in [0.15, 0.2) is 5.82 Å². The molecular formula is C12H12ClN5O2. The predicted molar refractivity (Wildman–Crippen MR) is 74.4 cm³/mol. The van der Waals surface area contributed by atoms with Crippen molar-refractivity contribution in [3.63, 3.8) is 0 Å². The first-order valence-electron chi connectivity index (χ1n) is 5.76. The number of carbonyl (C=O) groups is 2. The van der Waals surface area contributed by atoms with E-state index in [0.717, 1.165) is 0 Å². The van der Waals surface area contributed by atoms with Crippen LogP contribution in [0.5, 0.6) is 0 Å². The molecule has 0 spiro atoms. The van der Waals surface area contributed by atoms with Gasteiger partial charge < -0.3 is 10.6 Å². The van der Waals surface area contributed by atoms with Crippen LogP contribution in [0, 0.1) is 0 Å². The summed E-state index contributed by atoms with van der Waals surface area (Å²) in [6.45, 7) is 1.29. The first kappa shape index (κ1) is 14.0. The van der Waals surface area contributed by atoms with Crippen LogP contribution in [0.2, 0.25) is 5.02 Å².